The fraction of sp³-hybridized carbons (Fsp3) is 0.824. The Balaban J connectivity index is 3.00. The third-order valence-electron chi connectivity index (χ3n) is 4.66. The van der Waals surface area contributed by atoms with E-state index in [1.54, 1.807) is 0 Å². The zero-order valence-corrected chi connectivity index (χ0v) is 15.2. The molecule has 122 valence electrons. The molecule has 1 heterocycles. The molecule has 0 radical (unpaired) electrons. The highest BCUT2D eigenvalue weighted by Crippen LogP contribution is 2.34. The first-order chi connectivity index (χ1) is 10.1. The first-order valence-electron chi connectivity index (χ1n) is 8.52. The molecule has 0 bridgehead atoms. The van der Waals surface area contributed by atoms with Crippen LogP contribution in [0, 0.1) is 5.41 Å². The number of hydrogen-bond donors (Lipinski definition) is 1. The molecule has 0 fully saturated rings. The third kappa shape index (κ3) is 4.46. The fourth-order valence-electron chi connectivity index (χ4n) is 2.88. The summed E-state index contributed by atoms with van der Waals surface area (Å²) in [7, 11) is 0. The number of halogens is 1. The SMILES string of the molecule is CCCNCC(CC)(CC)Cc1c(Cl)c(CC)nn1CC. The van der Waals surface area contributed by atoms with Crippen LogP contribution in [-0.4, -0.2) is 22.9 Å². The molecule has 1 aromatic heterocycles. The van der Waals surface area contributed by atoms with Crippen molar-refractivity contribution < 1.29 is 0 Å². The van der Waals surface area contributed by atoms with Crippen molar-refractivity contribution in [1.29, 1.82) is 0 Å². The number of nitrogens with zero attached hydrogens (tertiary/aromatic N) is 2. The van der Waals surface area contributed by atoms with Crippen molar-refractivity contribution in [2.45, 2.75) is 73.3 Å². The van der Waals surface area contributed by atoms with E-state index in [9.17, 15) is 0 Å². The lowest BCUT2D eigenvalue weighted by molar-refractivity contribution is 0.241. The van der Waals surface area contributed by atoms with E-state index < -0.39 is 0 Å². The zero-order valence-electron chi connectivity index (χ0n) is 14.4. The molecule has 1 rings (SSSR count). The van der Waals surface area contributed by atoms with Crippen molar-refractivity contribution in [3.63, 3.8) is 0 Å². The average molecular weight is 314 g/mol. The van der Waals surface area contributed by atoms with Gasteiger partial charge in [-0.15, -0.1) is 0 Å². The van der Waals surface area contributed by atoms with Gasteiger partial charge in [-0.25, -0.2) is 0 Å². The summed E-state index contributed by atoms with van der Waals surface area (Å²) < 4.78 is 2.10. The Hall–Kier alpha value is -0.540. The molecule has 3 nitrogen and oxygen atoms in total. The molecular weight excluding hydrogens is 282 g/mol. The summed E-state index contributed by atoms with van der Waals surface area (Å²) in [6.45, 7) is 14.1. The van der Waals surface area contributed by atoms with Gasteiger partial charge in [-0.2, -0.15) is 5.10 Å². The molecule has 1 aromatic rings. The third-order valence-corrected chi connectivity index (χ3v) is 5.10. The van der Waals surface area contributed by atoms with E-state index in [-0.39, 0.29) is 5.41 Å². The average Bonchev–Trinajstić information content (AvgIpc) is 2.82. The van der Waals surface area contributed by atoms with Gasteiger partial charge in [0, 0.05) is 13.1 Å². The molecule has 0 saturated carbocycles. The highest BCUT2D eigenvalue weighted by molar-refractivity contribution is 6.31. The molecule has 0 aliphatic heterocycles. The van der Waals surface area contributed by atoms with Gasteiger partial charge in [-0.05, 0) is 51.0 Å². The lowest BCUT2D eigenvalue weighted by Gasteiger charge is -2.32. The first-order valence-corrected chi connectivity index (χ1v) is 8.89. The van der Waals surface area contributed by atoms with Gasteiger partial charge in [-0.1, -0.05) is 39.3 Å². The lowest BCUT2D eigenvalue weighted by Crippen LogP contribution is -2.36. The van der Waals surface area contributed by atoms with Crippen molar-refractivity contribution in [2.24, 2.45) is 5.41 Å². The minimum Gasteiger partial charge on any atom is -0.316 e. The number of nitrogens with one attached hydrogen (secondary N) is 1. The smallest absolute Gasteiger partial charge is 0.0850 e. The van der Waals surface area contributed by atoms with E-state index in [0.717, 1.165) is 56.0 Å². The van der Waals surface area contributed by atoms with Crippen molar-refractivity contribution in [1.82, 2.24) is 15.1 Å². The predicted octanol–water partition coefficient (Wildman–Crippen LogP) is 4.47. The second-order valence-electron chi connectivity index (χ2n) is 5.94. The predicted molar refractivity (Wildman–Crippen MR) is 92.2 cm³/mol. The number of hydrogen-bond acceptors (Lipinski definition) is 2. The molecule has 0 aliphatic carbocycles. The van der Waals surface area contributed by atoms with Crippen LogP contribution in [0.25, 0.3) is 0 Å². The summed E-state index contributed by atoms with van der Waals surface area (Å²) in [6, 6.07) is 0. The molecular formula is C17H32ClN3. The van der Waals surface area contributed by atoms with Crippen molar-refractivity contribution in [2.75, 3.05) is 13.1 Å². The van der Waals surface area contributed by atoms with Crippen molar-refractivity contribution in [3.8, 4) is 0 Å². The monoisotopic (exact) mass is 313 g/mol. The molecule has 0 aliphatic rings. The van der Waals surface area contributed by atoms with Crippen LogP contribution in [0.1, 0.15) is 65.3 Å². The van der Waals surface area contributed by atoms with Gasteiger partial charge in [0.05, 0.1) is 16.4 Å². The van der Waals surface area contributed by atoms with Crippen LogP contribution in [0.5, 0.6) is 0 Å². The van der Waals surface area contributed by atoms with Crippen LogP contribution < -0.4 is 5.32 Å². The van der Waals surface area contributed by atoms with Gasteiger partial charge in [0.2, 0.25) is 0 Å². The maximum atomic E-state index is 6.59. The topological polar surface area (TPSA) is 29.9 Å². The van der Waals surface area contributed by atoms with Gasteiger partial charge in [0.1, 0.15) is 0 Å². The molecule has 0 aromatic carbocycles. The Morgan fingerprint density at radius 2 is 1.81 bits per heavy atom. The summed E-state index contributed by atoms with van der Waals surface area (Å²) in [6.07, 6.45) is 5.41. The van der Waals surface area contributed by atoms with Crippen LogP contribution in [0.15, 0.2) is 0 Å². The zero-order chi connectivity index (χ0) is 15.9. The first kappa shape index (κ1) is 18.5. The molecule has 21 heavy (non-hydrogen) atoms. The Morgan fingerprint density at radius 3 is 2.29 bits per heavy atom. The van der Waals surface area contributed by atoms with E-state index in [2.05, 4.69) is 49.7 Å². The highest BCUT2D eigenvalue weighted by atomic mass is 35.5. The van der Waals surface area contributed by atoms with E-state index in [1.165, 1.54) is 12.1 Å². The van der Waals surface area contributed by atoms with Crippen molar-refractivity contribution >= 4 is 11.6 Å². The van der Waals surface area contributed by atoms with Gasteiger partial charge in [0.25, 0.3) is 0 Å². The second-order valence-corrected chi connectivity index (χ2v) is 6.32. The molecule has 0 amide bonds. The van der Waals surface area contributed by atoms with E-state index in [4.69, 9.17) is 11.6 Å². The standard InChI is InChI=1S/C17H32ClN3/c1-6-11-19-13-17(8-3,9-4)12-15-16(18)14(7-2)20-21(15)10-5/h19H,6-13H2,1-5H3. The van der Waals surface area contributed by atoms with Crippen LogP contribution in [0.3, 0.4) is 0 Å². The summed E-state index contributed by atoms with van der Waals surface area (Å²) in [5.41, 5.74) is 2.53. The summed E-state index contributed by atoms with van der Waals surface area (Å²) >= 11 is 6.59. The van der Waals surface area contributed by atoms with E-state index in [1.807, 2.05) is 0 Å². The summed E-state index contributed by atoms with van der Waals surface area (Å²) in [5, 5.41) is 9.15. The van der Waals surface area contributed by atoms with Crippen LogP contribution >= 0.6 is 11.6 Å². The Morgan fingerprint density at radius 1 is 1.14 bits per heavy atom. The Bertz CT molecular complexity index is 422. The molecule has 0 saturated heterocycles. The maximum absolute atomic E-state index is 6.59. The number of rotatable bonds is 10. The quantitative estimate of drug-likeness (QED) is 0.646. The summed E-state index contributed by atoms with van der Waals surface area (Å²) in [5.74, 6) is 0. The molecule has 0 atom stereocenters. The van der Waals surface area contributed by atoms with Gasteiger partial charge >= 0.3 is 0 Å². The van der Waals surface area contributed by atoms with Crippen molar-refractivity contribution in [3.05, 3.63) is 16.4 Å². The molecule has 4 heteroatoms. The van der Waals surface area contributed by atoms with E-state index in [0.29, 0.717) is 0 Å². The second kappa shape index (κ2) is 8.79. The largest absolute Gasteiger partial charge is 0.316 e. The van der Waals surface area contributed by atoms with Crippen LogP contribution in [-0.2, 0) is 19.4 Å². The molecule has 0 unspecified atom stereocenters. The lowest BCUT2D eigenvalue weighted by atomic mass is 9.78. The number of aromatic nitrogens is 2. The van der Waals surface area contributed by atoms with Gasteiger partial charge in [0.15, 0.2) is 0 Å². The number of aryl methyl sites for hydroxylation is 2. The molecule has 1 N–H and O–H groups in total. The highest BCUT2D eigenvalue weighted by Gasteiger charge is 2.29. The minimum absolute atomic E-state index is 0.275. The molecule has 0 spiro atoms. The van der Waals surface area contributed by atoms with Gasteiger partial charge < -0.3 is 5.32 Å². The normalized spacial score (nSPS) is 12.1. The summed E-state index contributed by atoms with van der Waals surface area (Å²) in [4.78, 5) is 0. The van der Waals surface area contributed by atoms with E-state index >= 15 is 0 Å². The van der Waals surface area contributed by atoms with Crippen LogP contribution in [0.4, 0.5) is 0 Å². The Kier molecular flexibility index (Phi) is 7.75. The van der Waals surface area contributed by atoms with Crippen LogP contribution in [0.2, 0.25) is 5.02 Å². The fourth-order valence-corrected chi connectivity index (χ4v) is 3.22. The maximum Gasteiger partial charge on any atom is 0.0850 e. The Labute approximate surface area is 135 Å². The minimum atomic E-state index is 0.275. The van der Waals surface area contributed by atoms with Gasteiger partial charge in [-0.3, -0.25) is 4.68 Å².